The number of fused-ring (bicyclic) bond motifs is 1. The van der Waals surface area contributed by atoms with Crippen molar-refractivity contribution in [1.29, 1.82) is 0 Å². The van der Waals surface area contributed by atoms with Crippen LogP contribution in [0.15, 0.2) is 24.4 Å². The molecule has 1 aromatic carbocycles. The van der Waals surface area contributed by atoms with Crippen molar-refractivity contribution >= 4 is 11.8 Å². The van der Waals surface area contributed by atoms with Gasteiger partial charge in [0.05, 0.1) is 14.2 Å². The van der Waals surface area contributed by atoms with Gasteiger partial charge in [0.25, 0.3) is 0 Å². The Hall–Kier alpha value is -2.50. The maximum absolute atomic E-state index is 5.45. The van der Waals surface area contributed by atoms with E-state index in [0.29, 0.717) is 0 Å². The molecule has 1 saturated heterocycles. The van der Waals surface area contributed by atoms with Gasteiger partial charge >= 0.3 is 0 Å². The summed E-state index contributed by atoms with van der Waals surface area (Å²) in [6, 6.07) is 6.18. The van der Waals surface area contributed by atoms with E-state index in [-0.39, 0.29) is 0 Å². The van der Waals surface area contributed by atoms with Gasteiger partial charge in [-0.05, 0) is 48.6 Å². The van der Waals surface area contributed by atoms with Crippen LogP contribution in [0.25, 0.3) is 0 Å². The van der Waals surface area contributed by atoms with Crippen LogP contribution >= 0.6 is 0 Å². The average molecular weight is 340 g/mol. The molecule has 0 saturated carbocycles. The highest BCUT2D eigenvalue weighted by Crippen LogP contribution is 2.34. The lowest BCUT2D eigenvalue weighted by Gasteiger charge is -2.30. The van der Waals surface area contributed by atoms with Crippen molar-refractivity contribution in [2.75, 3.05) is 43.7 Å². The molecule has 0 unspecified atom stereocenters. The molecule has 3 heterocycles. The fraction of sp³-hybridized carbons (Fsp3) is 0.474. The molecule has 0 bridgehead atoms. The van der Waals surface area contributed by atoms with Crippen molar-refractivity contribution < 1.29 is 9.47 Å². The minimum absolute atomic E-state index is 0.773. The Bertz CT molecular complexity index is 759. The van der Waals surface area contributed by atoms with E-state index in [1.165, 1.54) is 24.0 Å². The number of benzene rings is 1. The van der Waals surface area contributed by atoms with Crippen molar-refractivity contribution in [3.63, 3.8) is 0 Å². The minimum Gasteiger partial charge on any atom is -0.493 e. The zero-order valence-corrected chi connectivity index (χ0v) is 14.9. The molecule has 2 aliphatic heterocycles. The van der Waals surface area contributed by atoms with Gasteiger partial charge in [0.1, 0.15) is 5.82 Å². The number of aromatic nitrogens is 2. The molecular weight excluding hydrogens is 316 g/mol. The highest BCUT2D eigenvalue weighted by Gasteiger charge is 2.22. The first-order valence-electron chi connectivity index (χ1n) is 8.85. The Labute approximate surface area is 148 Å². The Balaban J connectivity index is 1.59. The molecule has 132 valence electrons. The fourth-order valence-electron chi connectivity index (χ4n) is 3.67. The van der Waals surface area contributed by atoms with Gasteiger partial charge in [-0.25, -0.2) is 4.98 Å². The van der Waals surface area contributed by atoms with E-state index in [1.807, 2.05) is 12.3 Å². The molecule has 0 N–H and O–H groups in total. The molecule has 0 spiro atoms. The Kier molecular flexibility index (Phi) is 4.34. The van der Waals surface area contributed by atoms with Crippen molar-refractivity contribution in [3.8, 4) is 11.5 Å². The summed E-state index contributed by atoms with van der Waals surface area (Å²) >= 11 is 0. The number of hydrogen-bond donors (Lipinski definition) is 0. The minimum atomic E-state index is 0.773. The maximum atomic E-state index is 5.45. The number of nitrogens with zero attached hydrogens (tertiary/aromatic N) is 4. The SMILES string of the molecule is COc1cc2c(cc1OC)CN(c1nccc(N3CCCC3)n1)CC2. The normalized spacial score (nSPS) is 16.7. The van der Waals surface area contributed by atoms with Crippen LogP contribution in [-0.4, -0.2) is 43.8 Å². The number of rotatable bonds is 4. The first kappa shape index (κ1) is 16.0. The molecule has 1 aromatic heterocycles. The fourth-order valence-corrected chi connectivity index (χ4v) is 3.67. The van der Waals surface area contributed by atoms with Gasteiger partial charge in [0.15, 0.2) is 11.5 Å². The zero-order chi connectivity index (χ0) is 17.2. The largest absolute Gasteiger partial charge is 0.493 e. The smallest absolute Gasteiger partial charge is 0.227 e. The summed E-state index contributed by atoms with van der Waals surface area (Å²) < 4.78 is 10.9. The lowest BCUT2D eigenvalue weighted by Crippen LogP contribution is -2.32. The second-order valence-electron chi connectivity index (χ2n) is 6.56. The van der Waals surface area contributed by atoms with Crippen LogP contribution in [0.2, 0.25) is 0 Å². The summed E-state index contributed by atoms with van der Waals surface area (Å²) in [4.78, 5) is 13.9. The lowest BCUT2D eigenvalue weighted by molar-refractivity contribution is 0.353. The third kappa shape index (κ3) is 3.08. The quantitative estimate of drug-likeness (QED) is 0.853. The monoisotopic (exact) mass is 340 g/mol. The molecule has 6 heteroatoms. The van der Waals surface area contributed by atoms with Crippen LogP contribution in [0, 0.1) is 0 Å². The molecule has 4 rings (SSSR count). The molecule has 25 heavy (non-hydrogen) atoms. The summed E-state index contributed by atoms with van der Waals surface area (Å²) in [6.45, 7) is 3.89. The zero-order valence-electron chi connectivity index (χ0n) is 14.9. The Morgan fingerprint density at radius 3 is 2.36 bits per heavy atom. The topological polar surface area (TPSA) is 50.7 Å². The molecule has 0 atom stereocenters. The van der Waals surface area contributed by atoms with Crippen molar-refractivity contribution in [3.05, 3.63) is 35.5 Å². The Morgan fingerprint density at radius 1 is 0.920 bits per heavy atom. The lowest BCUT2D eigenvalue weighted by atomic mass is 9.99. The number of ether oxygens (including phenoxy) is 2. The van der Waals surface area contributed by atoms with E-state index >= 15 is 0 Å². The number of anilines is 2. The Morgan fingerprint density at radius 2 is 1.64 bits per heavy atom. The molecular formula is C19H24N4O2. The van der Waals surface area contributed by atoms with Gasteiger partial charge in [-0.2, -0.15) is 4.98 Å². The van der Waals surface area contributed by atoms with Gasteiger partial charge in [0, 0.05) is 32.4 Å². The van der Waals surface area contributed by atoms with E-state index in [0.717, 1.165) is 55.9 Å². The van der Waals surface area contributed by atoms with Crippen LogP contribution in [0.4, 0.5) is 11.8 Å². The van der Waals surface area contributed by atoms with Crippen LogP contribution in [0.5, 0.6) is 11.5 Å². The molecule has 0 amide bonds. The van der Waals surface area contributed by atoms with E-state index < -0.39 is 0 Å². The van der Waals surface area contributed by atoms with E-state index in [1.54, 1.807) is 14.2 Å². The third-order valence-corrected chi connectivity index (χ3v) is 5.06. The van der Waals surface area contributed by atoms with Gasteiger partial charge in [-0.3, -0.25) is 0 Å². The van der Waals surface area contributed by atoms with Crippen molar-refractivity contribution in [2.24, 2.45) is 0 Å². The summed E-state index contributed by atoms with van der Waals surface area (Å²) in [7, 11) is 3.35. The molecule has 2 aliphatic rings. The first-order valence-corrected chi connectivity index (χ1v) is 8.85. The second-order valence-corrected chi connectivity index (χ2v) is 6.56. The maximum Gasteiger partial charge on any atom is 0.227 e. The van der Waals surface area contributed by atoms with Crippen LogP contribution in [-0.2, 0) is 13.0 Å². The summed E-state index contributed by atoms with van der Waals surface area (Å²) in [5, 5.41) is 0. The highest BCUT2D eigenvalue weighted by molar-refractivity contribution is 5.52. The average Bonchev–Trinajstić information content (AvgIpc) is 3.21. The highest BCUT2D eigenvalue weighted by atomic mass is 16.5. The predicted octanol–water partition coefficient (Wildman–Crippen LogP) is 2.66. The second kappa shape index (κ2) is 6.78. The molecule has 0 radical (unpaired) electrons. The third-order valence-electron chi connectivity index (χ3n) is 5.06. The first-order chi connectivity index (χ1) is 12.3. The van der Waals surface area contributed by atoms with Gasteiger partial charge in [-0.1, -0.05) is 0 Å². The number of hydrogen-bond acceptors (Lipinski definition) is 6. The molecule has 0 aliphatic carbocycles. The summed E-state index contributed by atoms with van der Waals surface area (Å²) in [6.07, 6.45) is 5.32. The summed E-state index contributed by atoms with van der Waals surface area (Å²) in [5.41, 5.74) is 2.56. The standard InChI is InChI=1S/C19H24N4O2/c1-24-16-11-14-6-10-23(13-15(14)12-17(16)25-2)19-20-7-5-18(21-19)22-8-3-4-9-22/h5,7,11-12H,3-4,6,8-10,13H2,1-2H3. The number of methoxy groups -OCH3 is 2. The van der Waals surface area contributed by atoms with Gasteiger partial charge in [0.2, 0.25) is 5.95 Å². The van der Waals surface area contributed by atoms with E-state index in [4.69, 9.17) is 14.5 Å². The van der Waals surface area contributed by atoms with E-state index in [2.05, 4.69) is 26.9 Å². The molecule has 2 aromatic rings. The summed E-state index contributed by atoms with van der Waals surface area (Å²) in [5.74, 6) is 3.42. The van der Waals surface area contributed by atoms with Gasteiger partial charge in [-0.15, -0.1) is 0 Å². The molecule has 1 fully saturated rings. The van der Waals surface area contributed by atoms with E-state index in [9.17, 15) is 0 Å². The van der Waals surface area contributed by atoms with Gasteiger partial charge < -0.3 is 19.3 Å². The predicted molar refractivity (Wildman–Crippen MR) is 97.8 cm³/mol. The van der Waals surface area contributed by atoms with Crippen molar-refractivity contribution in [2.45, 2.75) is 25.8 Å². The van der Waals surface area contributed by atoms with Crippen LogP contribution in [0.1, 0.15) is 24.0 Å². The van der Waals surface area contributed by atoms with Crippen molar-refractivity contribution in [1.82, 2.24) is 9.97 Å². The van der Waals surface area contributed by atoms with Crippen LogP contribution < -0.4 is 19.3 Å². The molecule has 6 nitrogen and oxygen atoms in total. The van der Waals surface area contributed by atoms with Crippen LogP contribution in [0.3, 0.4) is 0 Å².